The summed E-state index contributed by atoms with van der Waals surface area (Å²) in [6, 6.07) is 14.7. The lowest BCUT2D eigenvalue weighted by Crippen LogP contribution is -2.14. The lowest BCUT2D eigenvalue weighted by Gasteiger charge is -2.12. The first kappa shape index (κ1) is 23.4. The fourth-order valence-electron chi connectivity index (χ4n) is 3.70. The molecule has 0 aliphatic heterocycles. The molecule has 1 aromatic heterocycles. The molecule has 0 spiro atoms. The number of aromatic nitrogens is 1. The number of aromatic carboxylic acids is 1. The molecule has 0 aliphatic rings. The molecule has 0 saturated carbocycles. The molecule has 0 atom stereocenters. The summed E-state index contributed by atoms with van der Waals surface area (Å²) < 4.78 is 40.5. The molecule has 0 radical (unpaired) electrons. The lowest BCUT2D eigenvalue weighted by atomic mass is 10.1. The zero-order valence-electron chi connectivity index (χ0n) is 18.1. The summed E-state index contributed by atoms with van der Waals surface area (Å²) in [6.07, 6.45) is -2.59. The van der Waals surface area contributed by atoms with Gasteiger partial charge >= 0.3 is 12.1 Å². The number of aryl methyl sites for hydroxylation is 1. The van der Waals surface area contributed by atoms with Gasteiger partial charge in [-0.2, -0.15) is 13.2 Å². The number of hydrogen-bond donors (Lipinski definition) is 2. The van der Waals surface area contributed by atoms with Crippen LogP contribution in [0.15, 0.2) is 76.7 Å². The van der Waals surface area contributed by atoms with E-state index in [9.17, 15) is 27.9 Å². The van der Waals surface area contributed by atoms with Crippen molar-refractivity contribution in [1.29, 1.82) is 0 Å². The Labute approximate surface area is 197 Å². The van der Waals surface area contributed by atoms with Crippen LogP contribution in [0.25, 0.3) is 10.9 Å². The highest BCUT2D eigenvalue weighted by Crippen LogP contribution is 2.38. The van der Waals surface area contributed by atoms with Crippen molar-refractivity contribution in [2.75, 3.05) is 5.32 Å². The Kier molecular flexibility index (Phi) is 6.14. The molecule has 0 bridgehead atoms. The summed E-state index contributed by atoms with van der Waals surface area (Å²) in [5.74, 6) is -1.51. The van der Waals surface area contributed by atoms with E-state index in [0.29, 0.717) is 32.0 Å². The Morgan fingerprint density at radius 1 is 0.971 bits per heavy atom. The summed E-state index contributed by atoms with van der Waals surface area (Å²) in [6.45, 7) is 1.62. The predicted octanol–water partition coefficient (Wildman–Crippen LogP) is 6.61. The van der Waals surface area contributed by atoms with E-state index in [2.05, 4.69) is 5.32 Å². The predicted molar refractivity (Wildman–Crippen MR) is 125 cm³/mol. The van der Waals surface area contributed by atoms with Gasteiger partial charge in [0.15, 0.2) is 0 Å². The molecule has 0 saturated heterocycles. The van der Waals surface area contributed by atoms with Gasteiger partial charge < -0.3 is 15.0 Å². The van der Waals surface area contributed by atoms with E-state index in [4.69, 9.17) is 0 Å². The molecule has 34 heavy (non-hydrogen) atoms. The Balaban J connectivity index is 1.70. The molecule has 1 amide bonds. The second kappa shape index (κ2) is 8.90. The van der Waals surface area contributed by atoms with Gasteiger partial charge in [0.25, 0.3) is 5.91 Å². The number of nitrogens with zero attached hydrogens (tertiary/aromatic N) is 1. The molecule has 1 heterocycles. The number of halogens is 3. The third-order valence-electron chi connectivity index (χ3n) is 5.45. The number of carboxylic acids is 1. The Morgan fingerprint density at radius 3 is 2.26 bits per heavy atom. The first-order valence-electron chi connectivity index (χ1n) is 10.1. The largest absolute Gasteiger partial charge is 0.478 e. The first-order chi connectivity index (χ1) is 16.1. The number of hydrogen-bond acceptors (Lipinski definition) is 3. The number of rotatable bonds is 5. The van der Waals surface area contributed by atoms with Gasteiger partial charge in [0.1, 0.15) is 0 Å². The SMILES string of the molecule is Cc1c(NC(=O)c2cccc3c2c(Sc2ccc(C(F)(F)F)cc2)cn3C)cccc1C(=O)O. The van der Waals surface area contributed by atoms with E-state index in [-0.39, 0.29) is 5.56 Å². The van der Waals surface area contributed by atoms with Gasteiger partial charge in [0.2, 0.25) is 0 Å². The maximum absolute atomic E-state index is 13.2. The van der Waals surface area contributed by atoms with Crippen LogP contribution in [0.5, 0.6) is 0 Å². The molecule has 5 nitrogen and oxygen atoms in total. The smallest absolute Gasteiger partial charge is 0.416 e. The summed E-state index contributed by atoms with van der Waals surface area (Å²) in [5.41, 5.74) is 1.33. The van der Waals surface area contributed by atoms with Gasteiger partial charge in [0.05, 0.1) is 16.7 Å². The number of nitrogens with one attached hydrogen (secondary N) is 1. The number of carboxylic acid groups (broad SMARTS) is 1. The Bertz CT molecular complexity index is 1410. The van der Waals surface area contributed by atoms with Crippen molar-refractivity contribution in [2.24, 2.45) is 7.05 Å². The number of carbonyl (C=O) groups excluding carboxylic acids is 1. The highest BCUT2D eigenvalue weighted by Gasteiger charge is 2.30. The molecule has 0 aliphatic carbocycles. The van der Waals surface area contributed by atoms with E-state index in [1.54, 1.807) is 31.2 Å². The monoisotopic (exact) mass is 484 g/mol. The van der Waals surface area contributed by atoms with Gasteiger partial charge in [-0.1, -0.05) is 23.9 Å². The molecule has 3 aromatic carbocycles. The van der Waals surface area contributed by atoms with Crippen LogP contribution < -0.4 is 5.32 Å². The molecular formula is C25H19F3N2O3S. The van der Waals surface area contributed by atoms with Crippen LogP contribution in [0.1, 0.15) is 31.8 Å². The zero-order valence-corrected chi connectivity index (χ0v) is 18.9. The van der Waals surface area contributed by atoms with Crippen LogP contribution in [0, 0.1) is 6.92 Å². The van der Waals surface area contributed by atoms with Crippen molar-refractivity contribution >= 4 is 40.2 Å². The molecule has 4 aromatic rings. The van der Waals surface area contributed by atoms with Gasteiger partial charge in [-0.05, 0) is 61.0 Å². The molecule has 0 fully saturated rings. The van der Waals surface area contributed by atoms with Crippen LogP contribution >= 0.6 is 11.8 Å². The van der Waals surface area contributed by atoms with E-state index in [1.165, 1.54) is 30.0 Å². The number of benzene rings is 3. The van der Waals surface area contributed by atoms with Crippen LogP contribution in [-0.2, 0) is 13.2 Å². The van der Waals surface area contributed by atoms with Crippen molar-refractivity contribution in [1.82, 2.24) is 4.57 Å². The molecular weight excluding hydrogens is 465 g/mol. The fraction of sp³-hybridized carbons (Fsp3) is 0.120. The average Bonchev–Trinajstić information content (AvgIpc) is 3.10. The quantitative estimate of drug-likeness (QED) is 0.335. The molecule has 4 rings (SSSR count). The second-order valence-corrected chi connectivity index (χ2v) is 8.78. The third-order valence-corrected chi connectivity index (χ3v) is 6.48. The Morgan fingerprint density at radius 2 is 1.62 bits per heavy atom. The minimum Gasteiger partial charge on any atom is -0.478 e. The summed E-state index contributed by atoms with van der Waals surface area (Å²) in [5, 5.41) is 12.8. The lowest BCUT2D eigenvalue weighted by molar-refractivity contribution is -0.137. The summed E-state index contributed by atoms with van der Waals surface area (Å²) >= 11 is 1.26. The second-order valence-electron chi connectivity index (χ2n) is 7.67. The van der Waals surface area contributed by atoms with Gasteiger partial charge in [-0.15, -0.1) is 0 Å². The van der Waals surface area contributed by atoms with E-state index in [0.717, 1.165) is 17.6 Å². The zero-order chi connectivity index (χ0) is 24.6. The van der Waals surface area contributed by atoms with Crippen LogP contribution in [-0.4, -0.2) is 21.6 Å². The van der Waals surface area contributed by atoms with Crippen LogP contribution in [0.2, 0.25) is 0 Å². The number of carbonyl (C=O) groups is 2. The first-order valence-corrected chi connectivity index (χ1v) is 11.0. The van der Waals surface area contributed by atoms with Gasteiger partial charge in [-0.3, -0.25) is 4.79 Å². The van der Waals surface area contributed by atoms with Gasteiger partial charge in [0, 0.05) is 39.6 Å². The van der Waals surface area contributed by atoms with Crippen molar-refractivity contribution in [3.8, 4) is 0 Å². The van der Waals surface area contributed by atoms with E-state index in [1.807, 2.05) is 23.9 Å². The average molecular weight is 484 g/mol. The normalized spacial score (nSPS) is 11.6. The molecule has 9 heteroatoms. The minimum absolute atomic E-state index is 0.0919. The number of alkyl halides is 3. The molecule has 174 valence electrons. The highest BCUT2D eigenvalue weighted by atomic mass is 32.2. The van der Waals surface area contributed by atoms with Crippen molar-refractivity contribution in [3.05, 3.63) is 89.1 Å². The fourth-order valence-corrected chi connectivity index (χ4v) is 4.75. The van der Waals surface area contributed by atoms with Crippen molar-refractivity contribution < 1.29 is 27.9 Å². The van der Waals surface area contributed by atoms with Gasteiger partial charge in [-0.25, -0.2) is 4.79 Å². The number of amides is 1. The van der Waals surface area contributed by atoms with Crippen LogP contribution in [0.4, 0.5) is 18.9 Å². The standard InChI is InChI=1S/C25H19F3N2O3S/c1-14-17(24(32)33)5-3-7-19(14)29-23(31)18-6-4-8-20-22(18)21(13-30(20)2)34-16-11-9-15(10-12-16)25(26,27)28/h3-13H,1-2H3,(H,29,31)(H,32,33). The summed E-state index contributed by atoms with van der Waals surface area (Å²) in [4.78, 5) is 26.0. The summed E-state index contributed by atoms with van der Waals surface area (Å²) in [7, 11) is 1.82. The Hall–Kier alpha value is -3.72. The molecule has 2 N–H and O–H groups in total. The maximum Gasteiger partial charge on any atom is 0.416 e. The highest BCUT2D eigenvalue weighted by molar-refractivity contribution is 7.99. The topological polar surface area (TPSA) is 71.3 Å². The maximum atomic E-state index is 13.2. The number of anilines is 1. The van der Waals surface area contributed by atoms with Crippen LogP contribution in [0.3, 0.4) is 0 Å². The molecule has 0 unspecified atom stereocenters. The van der Waals surface area contributed by atoms with Crippen molar-refractivity contribution in [2.45, 2.75) is 22.9 Å². The van der Waals surface area contributed by atoms with Crippen molar-refractivity contribution in [3.63, 3.8) is 0 Å². The number of fused-ring (bicyclic) bond motifs is 1. The van der Waals surface area contributed by atoms with E-state index < -0.39 is 23.6 Å². The van der Waals surface area contributed by atoms with E-state index >= 15 is 0 Å². The third kappa shape index (κ3) is 4.51. The minimum atomic E-state index is -4.41.